The van der Waals surface area contributed by atoms with Gasteiger partial charge in [0.1, 0.15) is 21.7 Å². The molecule has 0 unspecified atom stereocenters. The van der Waals surface area contributed by atoms with Crippen molar-refractivity contribution in [3.8, 4) is 29.2 Å². The zero-order chi connectivity index (χ0) is 90.9. The number of thioether (sulfide) groups is 1. The summed E-state index contributed by atoms with van der Waals surface area (Å²) in [6.07, 6.45) is -2.65. The molecule has 39 heteroatoms. The van der Waals surface area contributed by atoms with Crippen LogP contribution in [-0.4, -0.2) is 155 Å². The highest BCUT2D eigenvalue weighted by molar-refractivity contribution is 9.10. The van der Waals surface area contributed by atoms with Crippen LogP contribution < -0.4 is 52.0 Å². The standard InChI is InChI=1S/C23H23ClF3N5O3.C22H28N2O2S.C21H19ClF3N5O3.C18H14BrCl2N5O2/c1-12(2)29-21(33)16-9-15(24)8-14(4)19(16)30-22(34)17-10-18(35-11-23(25,26)27)31-32(17)20-13(3)6-5-7-28-20;1-14-10-11-18(16(3)12-14)23-20(25)17-9-7-8-15(2)19(17)21(26)24-22(4,5)13-27-6;1-11-5-4-6-27-18(11)30-15(9-16(29-30)33-10-21(23,24)25)20(32)28-17-12(2)7-13(22)8-14(17)19(31)26-3;1-9-4-3-5-23-16(9)26-13(8-14(19)25-26)18(28)24-15-11(17(27)22-2)6-10(20)7-12(15)21/h5-10,12H,11H2,1-4H3,(H,29,33)(H,30,34);7-12H,13H2,1-6H3,(H,23,25)(H,24,26);4-9H,10H2,1-3H3,(H,26,31)(H,28,32);3-8H,1-2H3,(H,22,27)(H,24,28). The number of halogens is 11. The van der Waals surface area contributed by atoms with E-state index >= 15 is 0 Å². The molecule has 0 radical (unpaired) electrons. The van der Waals surface area contributed by atoms with E-state index in [1.165, 1.54) is 55.4 Å². The average molecular weight is 1860 g/mol. The number of alkyl halides is 6. The molecule has 0 bridgehead atoms. The quantitative estimate of drug-likeness (QED) is 0.0276. The van der Waals surface area contributed by atoms with Gasteiger partial charge in [0.05, 0.1) is 49.9 Å². The molecule has 8 amide bonds. The van der Waals surface area contributed by atoms with Crippen molar-refractivity contribution in [3.63, 3.8) is 0 Å². The molecule has 8 N–H and O–H groups in total. The van der Waals surface area contributed by atoms with Gasteiger partial charge in [-0.2, -0.15) is 43.2 Å². The molecule has 27 nitrogen and oxygen atoms in total. The van der Waals surface area contributed by atoms with E-state index in [0.29, 0.717) is 53.8 Å². The first-order chi connectivity index (χ1) is 57.8. The number of nitrogens with one attached hydrogen (secondary N) is 8. The summed E-state index contributed by atoms with van der Waals surface area (Å²) in [5.74, 6) is -2.97. The second-order valence-corrected chi connectivity index (χ2v) is 31.7. The normalized spacial score (nSPS) is 11.1. The molecule has 11 aromatic rings. The molecule has 11 rings (SSSR count). The lowest BCUT2D eigenvalue weighted by Gasteiger charge is -2.26. The number of ether oxygens (including phenoxy) is 2. The maximum atomic E-state index is 13.3. The Morgan fingerprint density at radius 1 is 0.455 bits per heavy atom. The van der Waals surface area contributed by atoms with Crippen LogP contribution in [0.15, 0.2) is 151 Å². The second kappa shape index (κ2) is 42.3. The first-order valence-corrected chi connectivity index (χ1v) is 40.7. The lowest BCUT2D eigenvalue weighted by molar-refractivity contribution is -0.154. The molecule has 0 saturated heterocycles. The zero-order valence-electron chi connectivity index (χ0n) is 68.7. The third kappa shape index (κ3) is 26.3. The fourth-order valence-corrected chi connectivity index (χ4v) is 14.1. The number of hydrogen-bond acceptors (Lipinski definition) is 17. The average Bonchev–Trinajstić information content (AvgIpc) is 1.76. The van der Waals surface area contributed by atoms with Gasteiger partial charge in [0.15, 0.2) is 30.7 Å². The Morgan fingerprint density at radius 3 is 1.29 bits per heavy atom. The van der Waals surface area contributed by atoms with E-state index in [1.807, 2.05) is 78.1 Å². The number of anilines is 4. The second-order valence-electron chi connectivity index (χ2n) is 28.4. The van der Waals surface area contributed by atoms with Crippen molar-refractivity contribution in [3.05, 3.63) is 260 Å². The van der Waals surface area contributed by atoms with Crippen LogP contribution in [0.1, 0.15) is 155 Å². The summed E-state index contributed by atoms with van der Waals surface area (Å²) in [7, 11) is 2.89. The van der Waals surface area contributed by atoms with Crippen LogP contribution in [0, 0.1) is 55.4 Å². The fraction of sp³-hybridized carbons (Fsp3) is 0.262. The van der Waals surface area contributed by atoms with E-state index in [1.54, 1.807) is 120 Å². The Balaban J connectivity index is 0.000000205. The third-order valence-corrected chi connectivity index (χ3v) is 19.7. The number of aryl methyl sites for hydroxylation is 8. The van der Waals surface area contributed by atoms with Crippen molar-refractivity contribution in [2.75, 3.05) is 60.6 Å². The van der Waals surface area contributed by atoms with Crippen molar-refractivity contribution < 1.29 is 74.2 Å². The zero-order valence-corrected chi connectivity index (χ0v) is 74.2. The summed E-state index contributed by atoms with van der Waals surface area (Å²) in [5, 5.41) is 35.0. The van der Waals surface area contributed by atoms with Gasteiger partial charge in [0, 0.05) is 89.0 Å². The lowest BCUT2D eigenvalue weighted by atomic mass is 9.98. The van der Waals surface area contributed by atoms with Crippen molar-refractivity contribution in [1.29, 1.82) is 0 Å². The van der Waals surface area contributed by atoms with Crippen LogP contribution in [-0.2, 0) is 0 Å². The topological polar surface area (TPSA) is 343 Å². The molecule has 0 saturated carbocycles. The highest BCUT2D eigenvalue weighted by atomic mass is 79.9. The third-order valence-electron chi connectivity index (χ3n) is 17.4. The monoisotopic (exact) mass is 1860 g/mol. The van der Waals surface area contributed by atoms with E-state index in [4.69, 9.17) is 55.9 Å². The molecule has 648 valence electrons. The SMILES string of the molecule is CNC(=O)c1cc(Cl)cc(C)c1NC(=O)c1cc(OCC(F)(F)F)nn1-c1ncccc1C.CNC(=O)c1cc(Cl)cc(Cl)c1NC(=O)c1cc(Br)nn1-c1ncccc1C.CSCC(C)(C)NC(=O)c1c(C)cccc1C(=O)Nc1ccc(C)cc1C.Cc1cccnc1-n1nc(OCC(F)(F)F)cc1C(=O)Nc1c(C)cc(Cl)cc1C(=O)NC(C)C. The van der Waals surface area contributed by atoms with Gasteiger partial charge in [-0.3, -0.25) is 38.4 Å². The number of hydrogen-bond donors (Lipinski definition) is 8. The number of benzene rings is 5. The molecular formula is C84H84BrCl4F6N17O10S. The minimum Gasteiger partial charge on any atom is -0.467 e. The summed E-state index contributed by atoms with van der Waals surface area (Å²) in [6, 6.07) is 33.9. The minimum absolute atomic E-state index is 0.115. The molecule has 0 fully saturated rings. The maximum absolute atomic E-state index is 13.3. The number of carbonyl (C=O) groups excluding carboxylic acids is 8. The number of rotatable bonds is 23. The van der Waals surface area contributed by atoms with Gasteiger partial charge in [-0.25, -0.2) is 29.0 Å². The number of pyridine rings is 3. The molecule has 0 spiro atoms. The molecule has 6 heterocycles. The minimum atomic E-state index is -4.59. The number of nitrogens with zero attached hydrogens (tertiary/aromatic N) is 9. The van der Waals surface area contributed by atoms with Gasteiger partial charge in [-0.05, 0) is 211 Å². The Morgan fingerprint density at radius 2 is 0.870 bits per heavy atom. The van der Waals surface area contributed by atoms with Crippen LogP contribution in [0.4, 0.5) is 49.1 Å². The van der Waals surface area contributed by atoms with Gasteiger partial charge < -0.3 is 52.0 Å². The lowest BCUT2D eigenvalue weighted by Crippen LogP contribution is -2.46. The van der Waals surface area contributed by atoms with E-state index < -0.39 is 72.8 Å². The predicted molar refractivity (Wildman–Crippen MR) is 466 cm³/mol. The van der Waals surface area contributed by atoms with Crippen LogP contribution in [0.25, 0.3) is 17.5 Å². The molecule has 0 aliphatic heterocycles. The van der Waals surface area contributed by atoms with Gasteiger partial charge in [-0.1, -0.05) is 94.4 Å². The van der Waals surface area contributed by atoms with Gasteiger partial charge in [0.25, 0.3) is 47.3 Å². The molecule has 0 aliphatic rings. The van der Waals surface area contributed by atoms with Crippen molar-refractivity contribution in [1.82, 2.24) is 65.6 Å². The number of aromatic nitrogens is 9. The largest absolute Gasteiger partial charge is 0.467 e. The van der Waals surface area contributed by atoms with Crippen LogP contribution in [0.3, 0.4) is 0 Å². The highest BCUT2D eigenvalue weighted by Gasteiger charge is 2.34. The number of carbonyl (C=O) groups is 8. The molecule has 6 aromatic heterocycles. The van der Waals surface area contributed by atoms with E-state index in [-0.39, 0.29) is 95.9 Å². The summed E-state index contributed by atoms with van der Waals surface area (Å²) < 4.78 is 89.4. The van der Waals surface area contributed by atoms with Crippen LogP contribution in [0.5, 0.6) is 11.8 Å². The smallest absolute Gasteiger partial charge is 0.422 e. The van der Waals surface area contributed by atoms with Gasteiger partial charge in [-0.15, -0.1) is 10.2 Å². The summed E-state index contributed by atoms with van der Waals surface area (Å²) >= 11 is 29.4. The van der Waals surface area contributed by atoms with E-state index in [2.05, 4.69) is 88.7 Å². The Bertz CT molecular complexity index is 5810. The Hall–Kier alpha value is -11.9. The number of amides is 8. The van der Waals surface area contributed by atoms with Crippen LogP contribution >= 0.6 is 74.1 Å². The van der Waals surface area contributed by atoms with Gasteiger partial charge >= 0.3 is 12.4 Å². The van der Waals surface area contributed by atoms with E-state index in [9.17, 15) is 64.7 Å². The predicted octanol–water partition coefficient (Wildman–Crippen LogP) is 18.0. The fourth-order valence-electron chi connectivity index (χ4n) is 11.9. The van der Waals surface area contributed by atoms with E-state index in [0.717, 1.165) is 55.2 Å². The van der Waals surface area contributed by atoms with Crippen molar-refractivity contribution >= 4 is 144 Å². The van der Waals surface area contributed by atoms with Crippen molar-refractivity contribution in [2.24, 2.45) is 0 Å². The summed E-state index contributed by atoms with van der Waals surface area (Å²) in [5.41, 5.74) is 8.02. The first kappa shape index (κ1) is 96.6. The Kier molecular flexibility index (Phi) is 33.2. The molecule has 5 aromatic carbocycles. The molecule has 123 heavy (non-hydrogen) atoms. The van der Waals surface area contributed by atoms with Gasteiger partial charge in [0.2, 0.25) is 11.8 Å². The highest BCUT2D eigenvalue weighted by Crippen LogP contribution is 2.35. The summed E-state index contributed by atoms with van der Waals surface area (Å²) in [4.78, 5) is 115. The molecular weight excluding hydrogens is 1770 g/mol. The van der Waals surface area contributed by atoms with Crippen LogP contribution in [0.2, 0.25) is 20.1 Å². The molecule has 0 aliphatic carbocycles. The Labute approximate surface area is 736 Å². The maximum Gasteiger partial charge on any atom is 0.422 e. The summed E-state index contributed by atoms with van der Waals surface area (Å²) in [6.45, 7) is 18.8. The van der Waals surface area contributed by atoms with Crippen molar-refractivity contribution in [2.45, 2.75) is 107 Å². The molecule has 0 atom stereocenters. The first-order valence-electron chi connectivity index (χ1n) is 37.0.